The molecule has 1 aliphatic heterocycles. The van der Waals surface area contributed by atoms with Crippen LogP contribution in [0.4, 0.5) is 0 Å². The first-order valence-electron chi connectivity index (χ1n) is 19.4. The largest absolute Gasteiger partial charge is 0.462 e. The maximum Gasteiger partial charge on any atom is 0.308 e. The zero-order valence-electron chi connectivity index (χ0n) is 32.9. The van der Waals surface area contributed by atoms with Crippen molar-refractivity contribution in [2.75, 3.05) is 0 Å². The molecule has 6 heteroatoms. The number of benzene rings is 4. The van der Waals surface area contributed by atoms with Crippen LogP contribution in [0, 0.1) is 5.92 Å². The SMILES string of the molecule is CCC(C)(CC(C/C=C/CCC(C)C(=O)OC1CC(C)(C)N(O)C(C)(C)C1)c1ccccc1)c1ccc(P(=O)(c2ccccc2)c2ccccc2)cc1. The van der Waals surface area contributed by atoms with Gasteiger partial charge in [0.25, 0.3) is 0 Å². The highest BCUT2D eigenvalue weighted by molar-refractivity contribution is 7.85. The molecule has 0 aliphatic carbocycles. The Balaban J connectivity index is 1.26. The number of hydrogen-bond donors (Lipinski definition) is 1. The summed E-state index contributed by atoms with van der Waals surface area (Å²) in [4.78, 5) is 13.1. The summed E-state index contributed by atoms with van der Waals surface area (Å²) in [6, 6.07) is 39.1. The van der Waals surface area contributed by atoms with Gasteiger partial charge < -0.3 is 14.5 Å². The summed E-state index contributed by atoms with van der Waals surface area (Å²) in [5.41, 5.74) is 1.57. The van der Waals surface area contributed by atoms with Crippen LogP contribution in [0.5, 0.6) is 0 Å². The van der Waals surface area contributed by atoms with E-state index in [1.807, 2.05) is 95.3 Å². The highest BCUT2D eigenvalue weighted by atomic mass is 31.2. The summed E-state index contributed by atoms with van der Waals surface area (Å²) < 4.78 is 21.0. The van der Waals surface area contributed by atoms with Gasteiger partial charge in [-0.2, -0.15) is 5.06 Å². The van der Waals surface area contributed by atoms with Gasteiger partial charge in [0, 0.05) is 39.8 Å². The van der Waals surface area contributed by atoms with Crippen LogP contribution < -0.4 is 15.9 Å². The van der Waals surface area contributed by atoms with Crippen molar-refractivity contribution in [1.29, 1.82) is 0 Å². The van der Waals surface area contributed by atoms with Gasteiger partial charge in [0.1, 0.15) is 6.10 Å². The van der Waals surface area contributed by atoms with Crippen LogP contribution >= 0.6 is 7.14 Å². The third kappa shape index (κ3) is 9.49. The molecule has 0 bridgehead atoms. The highest BCUT2D eigenvalue weighted by Gasteiger charge is 2.46. The minimum absolute atomic E-state index is 0.0933. The van der Waals surface area contributed by atoms with Crippen molar-refractivity contribution < 1.29 is 19.3 Å². The van der Waals surface area contributed by atoms with Crippen molar-refractivity contribution in [1.82, 2.24) is 5.06 Å². The molecular formula is C47H60NO4P. The summed E-state index contributed by atoms with van der Waals surface area (Å²) in [6.45, 7) is 14.5. The lowest BCUT2D eigenvalue weighted by atomic mass is 9.71. The molecule has 0 amide bonds. The van der Waals surface area contributed by atoms with Crippen LogP contribution in [0.2, 0.25) is 0 Å². The Bertz CT molecular complexity index is 1780. The molecule has 0 radical (unpaired) electrons. The van der Waals surface area contributed by atoms with Crippen LogP contribution in [0.25, 0.3) is 0 Å². The lowest BCUT2D eigenvalue weighted by Crippen LogP contribution is -2.60. The van der Waals surface area contributed by atoms with Gasteiger partial charge in [-0.3, -0.25) is 4.79 Å². The van der Waals surface area contributed by atoms with Gasteiger partial charge in [-0.25, -0.2) is 0 Å². The fourth-order valence-electron chi connectivity index (χ4n) is 8.25. The third-order valence-electron chi connectivity index (χ3n) is 11.6. The van der Waals surface area contributed by atoms with Crippen LogP contribution in [0.15, 0.2) is 127 Å². The molecule has 1 fully saturated rings. The van der Waals surface area contributed by atoms with Gasteiger partial charge in [0.15, 0.2) is 7.14 Å². The Morgan fingerprint density at radius 2 is 1.32 bits per heavy atom. The number of nitrogens with zero attached hydrogens (tertiary/aromatic N) is 1. The van der Waals surface area contributed by atoms with Crippen molar-refractivity contribution in [2.45, 2.75) is 122 Å². The van der Waals surface area contributed by atoms with Gasteiger partial charge in [-0.05, 0) is 82.3 Å². The summed E-state index contributed by atoms with van der Waals surface area (Å²) in [6.07, 6.45) is 9.88. The fraction of sp³-hybridized carbons (Fsp3) is 0.426. The molecule has 4 aromatic carbocycles. The molecule has 5 nitrogen and oxygen atoms in total. The molecule has 5 rings (SSSR count). The zero-order valence-corrected chi connectivity index (χ0v) is 33.8. The summed E-state index contributed by atoms with van der Waals surface area (Å²) in [7, 11) is -3.04. The van der Waals surface area contributed by atoms with E-state index in [4.69, 9.17) is 4.74 Å². The number of hydroxylamine groups is 2. The first kappa shape index (κ1) is 40.4. The Hall–Kier alpha value is -3.76. The molecule has 53 heavy (non-hydrogen) atoms. The Kier molecular flexibility index (Phi) is 13.1. The van der Waals surface area contributed by atoms with Crippen LogP contribution in [-0.2, 0) is 19.5 Å². The lowest BCUT2D eigenvalue weighted by molar-refractivity contribution is -0.259. The summed E-state index contributed by atoms with van der Waals surface area (Å²) >= 11 is 0. The average molecular weight is 734 g/mol. The average Bonchev–Trinajstić information content (AvgIpc) is 3.16. The third-order valence-corrected chi connectivity index (χ3v) is 14.6. The molecule has 0 saturated carbocycles. The first-order valence-corrected chi connectivity index (χ1v) is 21.1. The second-order valence-corrected chi connectivity index (χ2v) is 19.4. The topological polar surface area (TPSA) is 66.8 Å². The number of carbonyl (C=O) groups is 1. The second-order valence-electron chi connectivity index (χ2n) is 16.6. The van der Waals surface area contributed by atoms with E-state index in [1.165, 1.54) is 16.2 Å². The monoisotopic (exact) mass is 733 g/mol. The standard InChI is InChI=1S/C47H60NO4P/c1-8-47(7,39-29-31-43(32-30-39)53(51,41-25-17-11-18-26-41)42-27-19-12-20-28-42)33-38(37-22-14-10-15-23-37)24-16-9-13-21-36(2)44(49)52-40-34-45(3,4)48(50)46(5,6)35-40/h9-12,14-20,22-23,25-32,36,38,40,50H,8,13,21,24,33-35H2,1-7H3/b16-9+. The van der Waals surface area contributed by atoms with Gasteiger partial charge in [-0.15, -0.1) is 0 Å². The molecule has 282 valence electrons. The van der Waals surface area contributed by atoms with E-state index in [0.29, 0.717) is 18.8 Å². The van der Waals surface area contributed by atoms with Crippen LogP contribution in [0.1, 0.15) is 110 Å². The van der Waals surface area contributed by atoms with E-state index in [0.717, 1.165) is 48.0 Å². The normalized spacial score (nSPS) is 18.6. The molecule has 1 aliphatic rings. The van der Waals surface area contributed by atoms with E-state index < -0.39 is 18.2 Å². The number of ether oxygens (including phenoxy) is 1. The molecule has 1 heterocycles. The Morgan fingerprint density at radius 1 is 0.830 bits per heavy atom. The lowest BCUT2D eigenvalue weighted by Gasteiger charge is -2.51. The molecule has 1 N–H and O–H groups in total. The second kappa shape index (κ2) is 17.1. The van der Waals surface area contributed by atoms with Crippen LogP contribution in [0.3, 0.4) is 0 Å². The van der Waals surface area contributed by atoms with Crippen LogP contribution in [-0.4, -0.2) is 33.4 Å². The molecule has 3 atom stereocenters. The number of carbonyl (C=O) groups excluding carboxylic acids is 1. The maximum absolute atomic E-state index is 15.0. The number of allylic oxidation sites excluding steroid dienone is 2. The minimum Gasteiger partial charge on any atom is -0.462 e. The van der Waals surface area contributed by atoms with Crippen molar-refractivity contribution in [2.24, 2.45) is 5.92 Å². The van der Waals surface area contributed by atoms with Crippen molar-refractivity contribution in [3.8, 4) is 0 Å². The number of piperidine rings is 1. The summed E-state index contributed by atoms with van der Waals surface area (Å²) in [5, 5.41) is 14.6. The fourth-order valence-corrected chi connectivity index (χ4v) is 10.9. The first-order chi connectivity index (χ1) is 25.2. The van der Waals surface area contributed by atoms with Crippen molar-refractivity contribution in [3.05, 3.63) is 139 Å². The molecule has 0 aromatic heterocycles. The number of esters is 1. The molecule has 1 saturated heterocycles. The maximum atomic E-state index is 15.0. The molecular weight excluding hydrogens is 673 g/mol. The zero-order chi connectivity index (χ0) is 38.3. The minimum atomic E-state index is -3.04. The Labute approximate surface area is 318 Å². The van der Waals surface area contributed by atoms with E-state index in [2.05, 4.69) is 80.6 Å². The van der Waals surface area contributed by atoms with Crippen molar-refractivity contribution in [3.63, 3.8) is 0 Å². The Morgan fingerprint density at radius 3 is 1.83 bits per heavy atom. The smallest absolute Gasteiger partial charge is 0.308 e. The van der Waals surface area contributed by atoms with E-state index in [1.54, 1.807) is 0 Å². The number of hydrogen-bond acceptors (Lipinski definition) is 5. The van der Waals surface area contributed by atoms with Crippen molar-refractivity contribution >= 4 is 29.0 Å². The molecule has 4 aromatic rings. The molecule has 0 spiro atoms. The quantitative estimate of drug-likeness (QED) is 0.0749. The van der Waals surface area contributed by atoms with E-state index in [9.17, 15) is 14.6 Å². The number of rotatable bonds is 15. The predicted molar refractivity (Wildman–Crippen MR) is 220 cm³/mol. The van der Waals surface area contributed by atoms with Gasteiger partial charge in [-0.1, -0.05) is 148 Å². The van der Waals surface area contributed by atoms with E-state index in [-0.39, 0.29) is 23.4 Å². The van der Waals surface area contributed by atoms with E-state index >= 15 is 0 Å². The molecule has 3 unspecified atom stereocenters. The van der Waals surface area contributed by atoms with Gasteiger partial charge in [0.2, 0.25) is 0 Å². The van der Waals surface area contributed by atoms with Gasteiger partial charge in [0.05, 0.1) is 5.92 Å². The summed E-state index contributed by atoms with van der Waals surface area (Å²) in [5.74, 6) is -0.0473. The highest BCUT2D eigenvalue weighted by Crippen LogP contribution is 2.44. The predicted octanol–water partition coefficient (Wildman–Crippen LogP) is 10.5. The van der Waals surface area contributed by atoms with Gasteiger partial charge >= 0.3 is 5.97 Å².